The second-order valence-electron chi connectivity index (χ2n) is 6.33. The van der Waals surface area contributed by atoms with E-state index in [0.717, 1.165) is 44.1 Å². The minimum atomic E-state index is -0.206. The minimum absolute atomic E-state index is 0. The number of hydrogen-bond acceptors (Lipinski definition) is 5. The van der Waals surface area contributed by atoms with E-state index in [4.69, 9.17) is 4.52 Å². The van der Waals surface area contributed by atoms with E-state index in [0.29, 0.717) is 18.3 Å². The first kappa shape index (κ1) is 21.4. The fourth-order valence-electron chi connectivity index (χ4n) is 3.07. The Bertz CT molecular complexity index is 753. The van der Waals surface area contributed by atoms with E-state index in [1.807, 2.05) is 13.0 Å². The molecule has 7 nitrogen and oxygen atoms in total. The highest BCUT2D eigenvalue weighted by atomic mass is 127. The number of aliphatic imine (C=N–C) groups is 1. The van der Waals surface area contributed by atoms with Gasteiger partial charge in [0.05, 0.1) is 0 Å². The summed E-state index contributed by atoms with van der Waals surface area (Å²) in [5.74, 6) is 1.61. The van der Waals surface area contributed by atoms with Gasteiger partial charge in [-0.05, 0) is 38.0 Å². The van der Waals surface area contributed by atoms with Crippen molar-refractivity contribution >= 4 is 35.6 Å². The molecule has 2 N–H and O–H groups in total. The topological polar surface area (TPSA) is 78.6 Å². The predicted molar refractivity (Wildman–Crippen MR) is 114 cm³/mol. The van der Waals surface area contributed by atoms with Gasteiger partial charge in [0.1, 0.15) is 12.4 Å². The second kappa shape index (κ2) is 10.4. The summed E-state index contributed by atoms with van der Waals surface area (Å²) in [4.78, 5) is 10.9. The number of nitrogens with zero attached hydrogens (tertiary/aromatic N) is 4. The largest absolute Gasteiger partial charge is 0.369 e. The van der Waals surface area contributed by atoms with Crippen LogP contribution in [0.15, 0.2) is 33.8 Å². The van der Waals surface area contributed by atoms with Crippen LogP contribution in [0.25, 0.3) is 0 Å². The van der Waals surface area contributed by atoms with Gasteiger partial charge in [0, 0.05) is 38.3 Å². The third-order valence-electron chi connectivity index (χ3n) is 4.23. The number of aryl methyl sites for hydroxylation is 1. The molecular weight excluding hydrogens is 462 g/mol. The average Bonchev–Trinajstić information content (AvgIpc) is 3.05. The molecule has 148 valence electrons. The van der Waals surface area contributed by atoms with Crippen LogP contribution in [-0.4, -0.2) is 41.8 Å². The van der Waals surface area contributed by atoms with E-state index >= 15 is 0 Å². The van der Waals surface area contributed by atoms with Crippen LogP contribution >= 0.6 is 24.0 Å². The number of nitrogens with one attached hydrogen (secondary N) is 2. The summed E-state index contributed by atoms with van der Waals surface area (Å²) in [7, 11) is 0. The monoisotopic (exact) mass is 488 g/mol. The van der Waals surface area contributed by atoms with Crippen molar-refractivity contribution in [2.24, 2.45) is 4.99 Å². The van der Waals surface area contributed by atoms with Crippen LogP contribution in [0, 0.1) is 12.7 Å². The fourth-order valence-corrected chi connectivity index (χ4v) is 3.07. The second-order valence-corrected chi connectivity index (χ2v) is 6.33. The maximum atomic E-state index is 13.5. The smallest absolute Gasteiger partial charge is 0.223 e. The van der Waals surface area contributed by atoms with Crippen LogP contribution in [0.2, 0.25) is 0 Å². The number of halogens is 2. The predicted octanol–water partition coefficient (Wildman–Crippen LogP) is 2.86. The van der Waals surface area contributed by atoms with Gasteiger partial charge in [0.15, 0.2) is 11.8 Å². The number of hydrogen-bond donors (Lipinski definition) is 2. The highest BCUT2D eigenvalue weighted by molar-refractivity contribution is 14.0. The van der Waals surface area contributed by atoms with E-state index in [2.05, 4.69) is 30.7 Å². The van der Waals surface area contributed by atoms with Crippen molar-refractivity contribution in [3.05, 3.63) is 41.8 Å². The SMILES string of the molecule is CCNC(=NCc1noc(C)n1)NC1CCCN(c2cccc(F)c2)C1.I. The molecule has 27 heavy (non-hydrogen) atoms. The van der Waals surface area contributed by atoms with Crippen molar-refractivity contribution in [1.29, 1.82) is 0 Å². The van der Waals surface area contributed by atoms with E-state index in [1.165, 1.54) is 6.07 Å². The lowest BCUT2D eigenvalue weighted by molar-refractivity contribution is 0.387. The summed E-state index contributed by atoms with van der Waals surface area (Å²) in [5.41, 5.74) is 0.917. The Balaban J connectivity index is 0.00000261. The summed E-state index contributed by atoms with van der Waals surface area (Å²) in [6.07, 6.45) is 2.08. The number of anilines is 1. The Morgan fingerprint density at radius 3 is 3.00 bits per heavy atom. The summed E-state index contributed by atoms with van der Waals surface area (Å²) >= 11 is 0. The summed E-state index contributed by atoms with van der Waals surface area (Å²) < 4.78 is 18.5. The number of benzene rings is 1. The molecule has 0 bridgehead atoms. The van der Waals surface area contributed by atoms with Crippen molar-refractivity contribution in [1.82, 2.24) is 20.8 Å². The van der Waals surface area contributed by atoms with Gasteiger partial charge in [-0.1, -0.05) is 11.2 Å². The van der Waals surface area contributed by atoms with Gasteiger partial charge < -0.3 is 20.1 Å². The molecule has 1 atom stereocenters. The van der Waals surface area contributed by atoms with Crippen molar-refractivity contribution in [2.45, 2.75) is 39.3 Å². The molecule has 1 aromatic carbocycles. The van der Waals surface area contributed by atoms with Gasteiger partial charge >= 0.3 is 0 Å². The molecule has 0 spiro atoms. The Labute approximate surface area is 175 Å². The van der Waals surface area contributed by atoms with Crippen molar-refractivity contribution in [2.75, 3.05) is 24.5 Å². The Kier molecular flexibility index (Phi) is 8.26. The lowest BCUT2D eigenvalue weighted by Gasteiger charge is -2.35. The molecule has 0 aliphatic carbocycles. The first-order chi connectivity index (χ1) is 12.6. The summed E-state index contributed by atoms with van der Waals surface area (Å²) in [6, 6.07) is 6.99. The molecule has 0 saturated carbocycles. The summed E-state index contributed by atoms with van der Waals surface area (Å²) in [6.45, 7) is 6.62. The number of rotatable bonds is 5. The van der Waals surface area contributed by atoms with Crippen molar-refractivity contribution in [3.8, 4) is 0 Å². The first-order valence-corrected chi connectivity index (χ1v) is 8.98. The normalized spacial score (nSPS) is 17.4. The highest BCUT2D eigenvalue weighted by Gasteiger charge is 2.21. The van der Waals surface area contributed by atoms with Crippen LogP contribution in [0.3, 0.4) is 0 Å². The third kappa shape index (κ3) is 6.33. The quantitative estimate of drug-likeness (QED) is 0.383. The molecule has 1 unspecified atom stereocenters. The maximum absolute atomic E-state index is 13.5. The Morgan fingerprint density at radius 1 is 1.44 bits per heavy atom. The molecule has 0 radical (unpaired) electrons. The van der Waals surface area contributed by atoms with Crippen molar-refractivity contribution in [3.63, 3.8) is 0 Å². The molecule has 0 amide bonds. The fraction of sp³-hybridized carbons (Fsp3) is 0.500. The number of piperidine rings is 1. The Morgan fingerprint density at radius 2 is 2.30 bits per heavy atom. The van der Waals surface area contributed by atoms with E-state index in [-0.39, 0.29) is 35.8 Å². The molecule has 1 aliphatic rings. The molecule has 1 aromatic heterocycles. The van der Waals surface area contributed by atoms with Gasteiger partial charge in [-0.15, -0.1) is 24.0 Å². The highest BCUT2D eigenvalue weighted by Crippen LogP contribution is 2.20. The molecule has 1 saturated heterocycles. The van der Waals surface area contributed by atoms with E-state index in [9.17, 15) is 4.39 Å². The maximum Gasteiger partial charge on any atom is 0.223 e. The zero-order valence-electron chi connectivity index (χ0n) is 15.6. The zero-order valence-corrected chi connectivity index (χ0v) is 17.9. The number of guanidine groups is 1. The summed E-state index contributed by atoms with van der Waals surface area (Å²) in [5, 5.41) is 10.6. The average molecular weight is 488 g/mol. The molecule has 2 aromatic rings. The minimum Gasteiger partial charge on any atom is -0.369 e. The Hall–Kier alpha value is -1.91. The van der Waals surface area contributed by atoms with Gasteiger partial charge in [-0.2, -0.15) is 4.98 Å². The standard InChI is InChI=1S/C18H25FN6O.HI/c1-3-20-18(21-11-17-22-13(2)26-24-17)23-15-7-5-9-25(12-15)16-8-4-6-14(19)10-16;/h4,6,8,10,15H,3,5,7,9,11-12H2,1-2H3,(H2,20,21,23);1H. The first-order valence-electron chi connectivity index (χ1n) is 8.98. The van der Waals surface area contributed by atoms with Gasteiger partial charge in [-0.3, -0.25) is 0 Å². The van der Waals surface area contributed by atoms with Crippen LogP contribution in [0.1, 0.15) is 31.5 Å². The zero-order chi connectivity index (χ0) is 18.4. The molecule has 1 fully saturated rings. The van der Waals surface area contributed by atoms with Gasteiger partial charge in [0.2, 0.25) is 5.89 Å². The number of aromatic nitrogens is 2. The lowest BCUT2D eigenvalue weighted by Crippen LogP contribution is -2.51. The molecule has 3 rings (SSSR count). The van der Waals surface area contributed by atoms with Crippen LogP contribution in [-0.2, 0) is 6.54 Å². The van der Waals surface area contributed by atoms with E-state index < -0.39 is 0 Å². The van der Waals surface area contributed by atoms with Crippen LogP contribution < -0.4 is 15.5 Å². The molecule has 9 heteroatoms. The van der Waals surface area contributed by atoms with Gasteiger partial charge in [0.25, 0.3) is 0 Å². The molecule has 2 heterocycles. The lowest BCUT2D eigenvalue weighted by atomic mass is 10.0. The van der Waals surface area contributed by atoms with Crippen LogP contribution in [0.5, 0.6) is 0 Å². The van der Waals surface area contributed by atoms with Crippen LogP contribution in [0.4, 0.5) is 10.1 Å². The van der Waals surface area contributed by atoms with Crippen molar-refractivity contribution < 1.29 is 8.91 Å². The third-order valence-corrected chi connectivity index (χ3v) is 4.23. The molecule has 1 aliphatic heterocycles. The van der Waals surface area contributed by atoms with E-state index in [1.54, 1.807) is 19.1 Å². The molecular formula is C18H26FIN6O. The van der Waals surface area contributed by atoms with Gasteiger partial charge in [-0.25, -0.2) is 9.38 Å².